The van der Waals surface area contributed by atoms with Crippen molar-refractivity contribution in [2.75, 3.05) is 26.2 Å². The van der Waals surface area contributed by atoms with Crippen LogP contribution in [0.25, 0.3) is 0 Å². The molecule has 1 rings (SSSR count). The number of carbonyl (C=O) groups excluding carboxylic acids is 4. The molecule has 4 amide bonds. The van der Waals surface area contributed by atoms with E-state index in [1.165, 1.54) is 23.5 Å². The number of hydrogen-bond donors (Lipinski definition) is 1. The Bertz CT molecular complexity index is 335. The van der Waals surface area contributed by atoms with Crippen LogP contribution in [0.1, 0.15) is 0 Å². The molecule has 7 heteroatoms. The molecule has 1 aliphatic rings. The van der Waals surface area contributed by atoms with E-state index in [2.05, 4.69) is 5.32 Å². The van der Waals surface area contributed by atoms with E-state index in [9.17, 15) is 19.2 Å². The van der Waals surface area contributed by atoms with Gasteiger partial charge in [0.05, 0.1) is 0 Å². The van der Waals surface area contributed by atoms with Crippen molar-refractivity contribution in [3.05, 3.63) is 12.2 Å². The third-order valence-electron chi connectivity index (χ3n) is 2.26. The molecule has 0 fully saturated rings. The van der Waals surface area contributed by atoms with Crippen molar-refractivity contribution in [3.8, 4) is 0 Å². The largest absolute Gasteiger partial charge is 0.346 e. The van der Waals surface area contributed by atoms with Gasteiger partial charge in [0.25, 0.3) is 11.8 Å². The van der Waals surface area contributed by atoms with Crippen LogP contribution in [-0.2, 0) is 19.2 Å². The van der Waals surface area contributed by atoms with Crippen molar-refractivity contribution in [2.24, 2.45) is 0 Å². The fourth-order valence-electron chi connectivity index (χ4n) is 1.35. The molecule has 1 N–H and O–H groups in total. The Morgan fingerprint density at radius 3 is 2.47 bits per heavy atom. The number of rotatable bonds is 8. The van der Waals surface area contributed by atoms with E-state index >= 15 is 0 Å². The van der Waals surface area contributed by atoms with Crippen LogP contribution in [0.3, 0.4) is 0 Å². The molecule has 0 saturated carbocycles. The maximum absolute atomic E-state index is 11.2. The zero-order valence-electron chi connectivity index (χ0n) is 9.09. The lowest BCUT2D eigenvalue weighted by Crippen LogP contribution is -2.40. The van der Waals surface area contributed by atoms with Gasteiger partial charge in [-0.2, -0.15) is 0 Å². The molecule has 1 radical (unpaired) electrons. The van der Waals surface area contributed by atoms with E-state index < -0.39 is 0 Å². The average Bonchev–Trinajstić information content (AvgIpc) is 2.64. The SMILES string of the molecule is O=[C]NCCN(C=O)CCN1C(=O)C=CC1=O. The van der Waals surface area contributed by atoms with Crippen molar-refractivity contribution in [2.45, 2.75) is 0 Å². The summed E-state index contributed by atoms with van der Waals surface area (Å²) in [6.07, 6.45) is 4.47. The molecule has 0 aromatic heterocycles. The lowest BCUT2D eigenvalue weighted by Gasteiger charge is -2.20. The molecule has 0 bridgehead atoms. The molecule has 0 aromatic carbocycles. The molecule has 1 heterocycles. The number of nitrogens with zero attached hydrogens (tertiary/aromatic N) is 2. The molecule has 91 valence electrons. The third-order valence-corrected chi connectivity index (χ3v) is 2.26. The highest BCUT2D eigenvalue weighted by molar-refractivity contribution is 6.12. The van der Waals surface area contributed by atoms with E-state index in [1.807, 2.05) is 0 Å². The number of imide groups is 1. The lowest BCUT2D eigenvalue weighted by molar-refractivity contribution is -0.137. The van der Waals surface area contributed by atoms with Gasteiger partial charge in [-0.25, -0.2) is 0 Å². The van der Waals surface area contributed by atoms with Gasteiger partial charge >= 0.3 is 6.41 Å². The van der Waals surface area contributed by atoms with Crippen LogP contribution in [0, 0.1) is 0 Å². The molecule has 0 atom stereocenters. The fourth-order valence-corrected chi connectivity index (χ4v) is 1.35. The van der Waals surface area contributed by atoms with Crippen LogP contribution < -0.4 is 5.32 Å². The number of hydrogen-bond acceptors (Lipinski definition) is 4. The van der Waals surface area contributed by atoms with E-state index in [1.54, 1.807) is 0 Å². The van der Waals surface area contributed by atoms with Crippen LogP contribution >= 0.6 is 0 Å². The molecule has 7 nitrogen and oxygen atoms in total. The minimum atomic E-state index is -0.375. The number of nitrogens with one attached hydrogen (secondary N) is 1. The Labute approximate surface area is 98.0 Å². The van der Waals surface area contributed by atoms with Crippen molar-refractivity contribution in [3.63, 3.8) is 0 Å². The Morgan fingerprint density at radius 1 is 1.29 bits per heavy atom. The molecular formula is C10H12N3O4. The summed E-state index contributed by atoms with van der Waals surface area (Å²) in [5, 5.41) is 2.29. The van der Waals surface area contributed by atoms with Gasteiger partial charge in [-0.3, -0.25) is 24.1 Å². The van der Waals surface area contributed by atoms with Gasteiger partial charge in [0.2, 0.25) is 6.41 Å². The molecule has 0 aliphatic carbocycles. The minimum Gasteiger partial charge on any atom is -0.346 e. The van der Waals surface area contributed by atoms with E-state index in [4.69, 9.17) is 0 Å². The second kappa shape index (κ2) is 6.41. The quantitative estimate of drug-likeness (QED) is 0.230. The first-order valence-electron chi connectivity index (χ1n) is 5.02. The van der Waals surface area contributed by atoms with E-state index in [0.29, 0.717) is 13.0 Å². The first-order chi connectivity index (χ1) is 8.19. The standard InChI is InChI=1S/C10H12N3O4/c14-7-11-3-4-12(8-15)5-6-13-9(16)1-2-10(13)17/h1-2,8H,3-6H2,(H,11,14). The highest BCUT2D eigenvalue weighted by Crippen LogP contribution is 2.02. The van der Waals surface area contributed by atoms with Crippen molar-refractivity contribution in [1.82, 2.24) is 15.1 Å². The Balaban J connectivity index is 2.32. The summed E-state index contributed by atoms with van der Waals surface area (Å²) in [5.41, 5.74) is 0. The zero-order valence-corrected chi connectivity index (χ0v) is 9.09. The predicted molar refractivity (Wildman–Crippen MR) is 57.2 cm³/mol. The summed E-state index contributed by atoms with van der Waals surface area (Å²) in [4.78, 5) is 45.3. The van der Waals surface area contributed by atoms with Gasteiger partial charge in [0, 0.05) is 38.3 Å². The summed E-state index contributed by atoms with van der Waals surface area (Å²) in [7, 11) is 0. The first-order valence-corrected chi connectivity index (χ1v) is 5.02. The molecular weight excluding hydrogens is 226 g/mol. The molecule has 0 aromatic rings. The Hall–Kier alpha value is -2.18. The summed E-state index contributed by atoms with van der Waals surface area (Å²) < 4.78 is 0. The minimum absolute atomic E-state index is 0.147. The number of amides is 4. The maximum Gasteiger partial charge on any atom is 0.309 e. The van der Waals surface area contributed by atoms with Crippen LogP contribution in [0.4, 0.5) is 0 Å². The summed E-state index contributed by atoms with van der Waals surface area (Å²) >= 11 is 0. The molecule has 0 saturated heterocycles. The van der Waals surface area contributed by atoms with Gasteiger partial charge in [0.1, 0.15) is 0 Å². The van der Waals surface area contributed by atoms with Crippen LogP contribution in [0.5, 0.6) is 0 Å². The van der Waals surface area contributed by atoms with E-state index in [-0.39, 0.29) is 31.4 Å². The monoisotopic (exact) mass is 238 g/mol. The van der Waals surface area contributed by atoms with Gasteiger partial charge in [-0.05, 0) is 0 Å². The lowest BCUT2D eigenvalue weighted by atomic mass is 10.4. The second-order valence-corrected chi connectivity index (χ2v) is 3.33. The summed E-state index contributed by atoms with van der Waals surface area (Å²) in [5.74, 6) is -0.750. The van der Waals surface area contributed by atoms with Gasteiger partial charge in [-0.1, -0.05) is 0 Å². The van der Waals surface area contributed by atoms with Gasteiger partial charge in [0.15, 0.2) is 0 Å². The van der Waals surface area contributed by atoms with Crippen LogP contribution in [0.2, 0.25) is 0 Å². The van der Waals surface area contributed by atoms with Gasteiger partial charge < -0.3 is 10.2 Å². The summed E-state index contributed by atoms with van der Waals surface area (Å²) in [6.45, 7) is 0.974. The topological polar surface area (TPSA) is 86.8 Å². The molecule has 0 unspecified atom stereocenters. The number of carbonyl (C=O) groups is 3. The highest BCUT2D eigenvalue weighted by atomic mass is 16.2. The molecule has 17 heavy (non-hydrogen) atoms. The summed E-state index contributed by atoms with van der Waals surface area (Å²) in [6, 6.07) is 0. The third kappa shape index (κ3) is 3.71. The van der Waals surface area contributed by atoms with Gasteiger partial charge in [-0.15, -0.1) is 0 Å². The van der Waals surface area contributed by atoms with Crippen molar-refractivity contribution in [1.29, 1.82) is 0 Å². The average molecular weight is 238 g/mol. The maximum atomic E-state index is 11.2. The zero-order chi connectivity index (χ0) is 12.7. The first kappa shape index (κ1) is 12.9. The smallest absolute Gasteiger partial charge is 0.309 e. The van der Waals surface area contributed by atoms with Crippen LogP contribution in [0.15, 0.2) is 12.2 Å². The van der Waals surface area contributed by atoms with Crippen molar-refractivity contribution >= 4 is 24.6 Å². The predicted octanol–water partition coefficient (Wildman–Crippen LogP) is -1.97. The normalized spacial score (nSPS) is 14.0. The van der Waals surface area contributed by atoms with E-state index in [0.717, 1.165) is 4.90 Å². The van der Waals surface area contributed by atoms with Crippen LogP contribution in [-0.4, -0.2) is 60.6 Å². The van der Waals surface area contributed by atoms with Crippen molar-refractivity contribution < 1.29 is 19.2 Å². The highest BCUT2D eigenvalue weighted by Gasteiger charge is 2.23. The molecule has 1 aliphatic heterocycles. The Morgan fingerprint density at radius 2 is 1.94 bits per heavy atom. The molecule has 0 spiro atoms. The second-order valence-electron chi connectivity index (χ2n) is 3.33. The Kier molecular flexibility index (Phi) is 4.86. The fraction of sp³-hybridized carbons (Fsp3) is 0.400.